The number of aliphatic carboxylic acids is 4. The molecule has 1 aliphatic heterocycles. The SMILES string of the molecule is CCCCCC(=O)N(CC)CCOCCN(CC)C(=O)CCC(C(=O)O)N1CCN(CC(=O)O)CCN(CC(=O)O)CCN(CC(=O)O)CC1. The number of amides is 2. The molecule has 17 heteroatoms. The smallest absolute Gasteiger partial charge is 0.320 e. The third-order valence-corrected chi connectivity index (χ3v) is 8.78. The highest BCUT2D eigenvalue weighted by molar-refractivity contribution is 5.78. The van der Waals surface area contributed by atoms with Crippen LogP contribution in [0.15, 0.2) is 0 Å². The quantitative estimate of drug-likeness (QED) is 0.102. The van der Waals surface area contributed by atoms with Crippen molar-refractivity contribution in [3.8, 4) is 0 Å². The number of carbonyl (C=O) groups excluding carboxylic acids is 2. The Morgan fingerprint density at radius 1 is 0.600 bits per heavy atom. The number of hydrogen-bond donors (Lipinski definition) is 4. The van der Waals surface area contributed by atoms with E-state index in [1.807, 2.05) is 13.8 Å². The summed E-state index contributed by atoms with van der Waals surface area (Å²) in [6.07, 6.45) is 3.37. The third kappa shape index (κ3) is 19.1. The van der Waals surface area contributed by atoms with Gasteiger partial charge in [-0.3, -0.25) is 48.4 Å². The van der Waals surface area contributed by atoms with Gasteiger partial charge in [0.05, 0.1) is 32.8 Å². The summed E-state index contributed by atoms with van der Waals surface area (Å²) >= 11 is 0. The van der Waals surface area contributed by atoms with Crippen molar-refractivity contribution in [2.24, 2.45) is 0 Å². The Kier molecular flexibility index (Phi) is 22.8. The minimum Gasteiger partial charge on any atom is -0.480 e. The van der Waals surface area contributed by atoms with Crippen LogP contribution in [0.4, 0.5) is 0 Å². The van der Waals surface area contributed by atoms with Gasteiger partial charge in [-0.25, -0.2) is 0 Å². The highest BCUT2D eigenvalue weighted by Crippen LogP contribution is 2.12. The number of ether oxygens (including phenoxy) is 1. The molecule has 0 radical (unpaired) electrons. The zero-order valence-electron chi connectivity index (χ0n) is 30.2. The molecule has 1 atom stereocenters. The van der Waals surface area contributed by atoms with E-state index < -0.39 is 29.9 Å². The Bertz CT molecular complexity index is 1030. The molecule has 0 aromatic heterocycles. The first-order valence-corrected chi connectivity index (χ1v) is 17.7. The summed E-state index contributed by atoms with van der Waals surface area (Å²) in [7, 11) is 0. The van der Waals surface area contributed by atoms with Crippen LogP contribution in [0.25, 0.3) is 0 Å². The summed E-state index contributed by atoms with van der Waals surface area (Å²) in [5.41, 5.74) is 0. The average Bonchev–Trinajstić information content (AvgIpc) is 3.04. The van der Waals surface area contributed by atoms with Crippen LogP contribution in [-0.4, -0.2) is 203 Å². The monoisotopic (exact) mass is 716 g/mol. The number of rotatable bonds is 23. The van der Waals surface area contributed by atoms with Gasteiger partial charge in [0.15, 0.2) is 0 Å². The number of hydrogen-bond acceptors (Lipinski definition) is 11. The largest absolute Gasteiger partial charge is 0.480 e. The second-order valence-corrected chi connectivity index (χ2v) is 12.5. The van der Waals surface area contributed by atoms with Crippen molar-refractivity contribution in [1.29, 1.82) is 0 Å². The molecule has 0 saturated carbocycles. The van der Waals surface area contributed by atoms with Crippen molar-refractivity contribution in [1.82, 2.24) is 29.4 Å². The molecule has 0 aromatic carbocycles. The summed E-state index contributed by atoms with van der Waals surface area (Å²) < 4.78 is 5.74. The molecule has 1 heterocycles. The normalized spacial score (nSPS) is 16.5. The van der Waals surface area contributed by atoms with E-state index in [9.17, 15) is 49.2 Å². The number of carbonyl (C=O) groups is 6. The van der Waals surface area contributed by atoms with Crippen LogP contribution in [0.2, 0.25) is 0 Å². The van der Waals surface area contributed by atoms with Gasteiger partial charge in [0, 0.05) is 91.4 Å². The van der Waals surface area contributed by atoms with Gasteiger partial charge in [0.1, 0.15) is 6.04 Å². The van der Waals surface area contributed by atoms with E-state index in [1.54, 1.807) is 29.4 Å². The Balaban J connectivity index is 2.89. The molecule has 0 spiro atoms. The predicted octanol–water partition coefficient (Wildman–Crippen LogP) is -0.0109. The van der Waals surface area contributed by atoms with E-state index in [1.165, 1.54) is 0 Å². The van der Waals surface area contributed by atoms with Gasteiger partial charge >= 0.3 is 23.9 Å². The van der Waals surface area contributed by atoms with E-state index in [0.29, 0.717) is 39.2 Å². The van der Waals surface area contributed by atoms with E-state index in [-0.39, 0.29) is 103 Å². The van der Waals surface area contributed by atoms with Crippen molar-refractivity contribution in [3.05, 3.63) is 0 Å². The van der Waals surface area contributed by atoms with Crippen molar-refractivity contribution in [2.45, 2.75) is 65.3 Å². The first kappa shape index (κ1) is 44.6. The van der Waals surface area contributed by atoms with E-state index >= 15 is 0 Å². The summed E-state index contributed by atoms with van der Waals surface area (Å²) in [6, 6.07) is -1.09. The second-order valence-electron chi connectivity index (χ2n) is 12.5. The van der Waals surface area contributed by atoms with Crippen LogP contribution in [-0.2, 0) is 33.5 Å². The molecule has 1 unspecified atom stereocenters. The summed E-state index contributed by atoms with van der Waals surface area (Å²) in [6.45, 7) is 8.74. The lowest BCUT2D eigenvalue weighted by molar-refractivity contribution is -0.145. The van der Waals surface area contributed by atoms with Crippen molar-refractivity contribution in [2.75, 3.05) is 111 Å². The van der Waals surface area contributed by atoms with Crippen molar-refractivity contribution < 1.29 is 53.9 Å². The molecule has 0 bridgehead atoms. The lowest BCUT2D eigenvalue weighted by atomic mass is 10.1. The molecular formula is C33H60N6O11. The molecule has 4 N–H and O–H groups in total. The molecule has 1 aliphatic rings. The number of carboxylic acids is 4. The molecule has 0 aromatic rings. The highest BCUT2D eigenvalue weighted by Gasteiger charge is 2.29. The van der Waals surface area contributed by atoms with Gasteiger partial charge < -0.3 is 35.0 Å². The lowest BCUT2D eigenvalue weighted by Gasteiger charge is -2.35. The molecule has 288 valence electrons. The van der Waals surface area contributed by atoms with Gasteiger partial charge in [0.25, 0.3) is 0 Å². The number of unbranched alkanes of at least 4 members (excludes halogenated alkanes) is 2. The molecule has 0 aliphatic carbocycles. The number of carboxylic acid groups (broad SMARTS) is 4. The molecule has 17 nitrogen and oxygen atoms in total. The van der Waals surface area contributed by atoms with Crippen molar-refractivity contribution >= 4 is 35.7 Å². The molecule has 1 fully saturated rings. The predicted molar refractivity (Wildman–Crippen MR) is 184 cm³/mol. The molecule has 1 saturated heterocycles. The molecule has 50 heavy (non-hydrogen) atoms. The van der Waals surface area contributed by atoms with Crippen LogP contribution in [0.1, 0.15) is 59.3 Å². The van der Waals surface area contributed by atoms with E-state index in [2.05, 4.69) is 6.92 Å². The Labute approximate surface area is 295 Å². The molecule has 1 rings (SSSR count). The zero-order chi connectivity index (χ0) is 37.5. The van der Waals surface area contributed by atoms with Crippen LogP contribution in [0, 0.1) is 0 Å². The first-order chi connectivity index (χ1) is 23.8. The maximum absolute atomic E-state index is 13.2. The fourth-order valence-corrected chi connectivity index (χ4v) is 5.85. The van der Waals surface area contributed by atoms with Crippen LogP contribution >= 0.6 is 0 Å². The molecule has 2 amide bonds. The van der Waals surface area contributed by atoms with Crippen LogP contribution in [0.3, 0.4) is 0 Å². The Morgan fingerprint density at radius 2 is 1.00 bits per heavy atom. The first-order valence-electron chi connectivity index (χ1n) is 17.7. The fraction of sp³-hybridized carbons (Fsp3) is 0.818. The van der Waals surface area contributed by atoms with Gasteiger partial charge in [-0.2, -0.15) is 0 Å². The number of nitrogens with zero attached hydrogens (tertiary/aromatic N) is 6. The standard InChI is InChI=1S/C33H60N6O11/c1-4-7-8-9-28(40)37(5-2)20-22-50-23-21-38(6-3)29(41)11-10-27(33(48)49)39-18-16-35(25-31(44)45)14-12-34(24-30(42)43)13-15-36(17-19-39)26-32(46)47/h27H,4-26H2,1-3H3,(H,42,43)(H,44,45)(H,46,47)(H,48,49). The van der Waals surface area contributed by atoms with E-state index in [4.69, 9.17) is 4.74 Å². The van der Waals surface area contributed by atoms with E-state index in [0.717, 1.165) is 19.3 Å². The van der Waals surface area contributed by atoms with Gasteiger partial charge in [0.2, 0.25) is 11.8 Å². The zero-order valence-corrected chi connectivity index (χ0v) is 30.2. The van der Waals surface area contributed by atoms with Crippen molar-refractivity contribution in [3.63, 3.8) is 0 Å². The van der Waals surface area contributed by atoms with Crippen LogP contribution in [0.5, 0.6) is 0 Å². The fourth-order valence-electron chi connectivity index (χ4n) is 5.85. The Morgan fingerprint density at radius 3 is 1.36 bits per heavy atom. The molecular weight excluding hydrogens is 656 g/mol. The summed E-state index contributed by atoms with van der Waals surface area (Å²) in [5, 5.41) is 38.5. The maximum atomic E-state index is 13.2. The van der Waals surface area contributed by atoms with Gasteiger partial charge in [-0.1, -0.05) is 19.8 Å². The lowest BCUT2D eigenvalue weighted by Crippen LogP contribution is -2.52. The topological polar surface area (TPSA) is 212 Å². The minimum absolute atomic E-state index is 0.0125. The minimum atomic E-state index is -1.15. The van der Waals surface area contributed by atoms with Gasteiger partial charge in [-0.15, -0.1) is 0 Å². The van der Waals surface area contributed by atoms with Crippen LogP contribution < -0.4 is 0 Å². The third-order valence-electron chi connectivity index (χ3n) is 8.78. The number of likely N-dealkylation sites (N-methyl/N-ethyl adjacent to an activating group) is 2. The average molecular weight is 717 g/mol. The summed E-state index contributed by atoms with van der Waals surface area (Å²) in [5.74, 6) is -4.51. The Hall–Kier alpha value is -3.38. The highest BCUT2D eigenvalue weighted by atomic mass is 16.5. The second kappa shape index (κ2) is 25.6. The summed E-state index contributed by atoms with van der Waals surface area (Å²) in [4.78, 5) is 82.6. The maximum Gasteiger partial charge on any atom is 0.320 e. The van der Waals surface area contributed by atoms with Gasteiger partial charge in [-0.05, 0) is 26.7 Å².